The Bertz CT molecular complexity index is 821. The molecule has 3 rings (SSSR count). The lowest BCUT2D eigenvalue weighted by Gasteiger charge is -2.07. The third-order valence-electron chi connectivity index (χ3n) is 2.80. The Hall–Kier alpha value is -2.47. The number of amides is 1. The molecule has 6 heteroatoms. The number of para-hydroxylation sites is 2. The number of fused-ring (bicyclic) bond motifs is 1. The van der Waals surface area contributed by atoms with E-state index >= 15 is 0 Å². The molecule has 2 aromatic carbocycles. The molecular weight excluding hydrogens is 289 g/mol. The van der Waals surface area contributed by atoms with Crippen LogP contribution in [0.25, 0.3) is 11.0 Å². The van der Waals surface area contributed by atoms with Gasteiger partial charge in [-0.05, 0) is 36.4 Å². The highest BCUT2D eigenvalue weighted by Crippen LogP contribution is 2.29. The third-order valence-corrected chi connectivity index (χ3v) is 3.79. The molecule has 0 fully saturated rings. The molecule has 0 atom stereocenters. The van der Waals surface area contributed by atoms with Crippen LogP contribution in [0, 0.1) is 5.82 Å². The average Bonchev–Trinajstić information content (AvgIpc) is 2.48. The second-order valence-corrected chi connectivity index (χ2v) is 5.35. The number of nitrogens with zero attached hydrogens (tertiary/aromatic N) is 2. The number of carbonyl (C=O) groups excluding carboxylic acids is 1. The van der Waals surface area contributed by atoms with E-state index in [1.165, 1.54) is 23.9 Å². The van der Waals surface area contributed by atoms with Gasteiger partial charge < -0.3 is 5.73 Å². The predicted molar refractivity (Wildman–Crippen MR) is 78.6 cm³/mol. The second-order valence-electron chi connectivity index (χ2n) is 4.29. The Balaban J connectivity index is 2.09. The van der Waals surface area contributed by atoms with Crippen molar-refractivity contribution in [2.45, 2.75) is 9.92 Å². The van der Waals surface area contributed by atoms with E-state index in [-0.39, 0.29) is 11.5 Å². The Kier molecular flexibility index (Phi) is 3.53. The summed E-state index contributed by atoms with van der Waals surface area (Å²) in [4.78, 5) is 21.0. The zero-order valence-corrected chi connectivity index (χ0v) is 11.6. The van der Waals surface area contributed by atoms with Gasteiger partial charge in [-0.25, -0.2) is 14.4 Å². The van der Waals surface area contributed by atoms with Crippen molar-refractivity contribution in [2.24, 2.45) is 5.73 Å². The molecule has 1 amide bonds. The number of halogens is 1. The first kappa shape index (κ1) is 13.5. The predicted octanol–water partition coefficient (Wildman–Crippen LogP) is 3.02. The zero-order chi connectivity index (χ0) is 14.8. The standard InChI is InChI=1S/C15H10FN3OS/c16-9-5-7-10(8-6-9)21-15-13(14(17)20)18-11-3-1-2-4-12(11)19-15/h1-8H,(H2,17,20). The second kappa shape index (κ2) is 5.49. The minimum Gasteiger partial charge on any atom is -0.364 e. The summed E-state index contributed by atoms with van der Waals surface area (Å²) < 4.78 is 12.9. The maximum atomic E-state index is 12.9. The summed E-state index contributed by atoms with van der Waals surface area (Å²) in [6.45, 7) is 0. The van der Waals surface area contributed by atoms with Crippen LogP contribution in [-0.2, 0) is 0 Å². The quantitative estimate of drug-likeness (QED) is 0.807. The first-order valence-corrected chi connectivity index (χ1v) is 6.95. The summed E-state index contributed by atoms with van der Waals surface area (Å²) in [5, 5.41) is 0.410. The number of nitrogens with two attached hydrogens (primary N) is 1. The van der Waals surface area contributed by atoms with Gasteiger partial charge in [-0.1, -0.05) is 23.9 Å². The van der Waals surface area contributed by atoms with E-state index in [1.54, 1.807) is 18.2 Å². The Morgan fingerprint density at radius 3 is 2.24 bits per heavy atom. The molecule has 0 aliphatic rings. The maximum Gasteiger partial charge on any atom is 0.270 e. The van der Waals surface area contributed by atoms with Crippen molar-refractivity contribution >= 4 is 28.7 Å². The van der Waals surface area contributed by atoms with Gasteiger partial charge in [-0.3, -0.25) is 4.79 Å². The van der Waals surface area contributed by atoms with Gasteiger partial charge in [0.15, 0.2) is 5.69 Å². The first-order chi connectivity index (χ1) is 10.1. The van der Waals surface area contributed by atoms with Gasteiger partial charge in [0.25, 0.3) is 5.91 Å². The number of primary amides is 1. The fourth-order valence-corrected chi connectivity index (χ4v) is 2.71. The van der Waals surface area contributed by atoms with Crippen molar-refractivity contribution in [3.05, 3.63) is 60.0 Å². The molecule has 4 nitrogen and oxygen atoms in total. The van der Waals surface area contributed by atoms with Crippen LogP contribution in [0.3, 0.4) is 0 Å². The molecule has 21 heavy (non-hydrogen) atoms. The Morgan fingerprint density at radius 1 is 1.00 bits per heavy atom. The molecule has 0 saturated heterocycles. The van der Waals surface area contributed by atoms with Gasteiger partial charge in [-0.2, -0.15) is 0 Å². The van der Waals surface area contributed by atoms with Crippen molar-refractivity contribution in [1.82, 2.24) is 9.97 Å². The number of aromatic nitrogens is 2. The van der Waals surface area contributed by atoms with Gasteiger partial charge in [0.1, 0.15) is 10.8 Å². The number of benzene rings is 2. The normalized spacial score (nSPS) is 10.7. The van der Waals surface area contributed by atoms with E-state index < -0.39 is 5.91 Å². The monoisotopic (exact) mass is 299 g/mol. The Morgan fingerprint density at radius 2 is 1.62 bits per heavy atom. The lowest BCUT2D eigenvalue weighted by Crippen LogP contribution is -2.15. The molecule has 2 N–H and O–H groups in total. The summed E-state index contributed by atoms with van der Waals surface area (Å²) in [7, 11) is 0. The van der Waals surface area contributed by atoms with Crippen LogP contribution in [-0.4, -0.2) is 15.9 Å². The van der Waals surface area contributed by atoms with Crippen molar-refractivity contribution in [3.63, 3.8) is 0 Å². The number of rotatable bonds is 3. The van der Waals surface area contributed by atoms with E-state index in [2.05, 4.69) is 9.97 Å². The molecule has 0 saturated carbocycles. The summed E-state index contributed by atoms with van der Waals surface area (Å²) in [6.07, 6.45) is 0. The van der Waals surface area contributed by atoms with Crippen LogP contribution in [0.4, 0.5) is 4.39 Å². The van der Waals surface area contributed by atoms with Crippen LogP contribution in [0.2, 0.25) is 0 Å². The molecule has 3 aromatic rings. The van der Waals surface area contributed by atoms with E-state index in [0.29, 0.717) is 16.1 Å². The van der Waals surface area contributed by atoms with Crippen LogP contribution < -0.4 is 5.73 Å². The van der Waals surface area contributed by atoms with Crippen molar-refractivity contribution in [3.8, 4) is 0 Å². The Labute approximate surface area is 124 Å². The lowest BCUT2D eigenvalue weighted by molar-refractivity contribution is 0.0992. The van der Waals surface area contributed by atoms with E-state index in [0.717, 1.165) is 4.90 Å². The summed E-state index contributed by atoms with van der Waals surface area (Å²) in [6, 6.07) is 13.1. The van der Waals surface area contributed by atoms with Gasteiger partial charge in [0.2, 0.25) is 0 Å². The molecule has 0 unspecified atom stereocenters. The SMILES string of the molecule is NC(=O)c1nc2ccccc2nc1Sc1ccc(F)cc1. The molecule has 1 aromatic heterocycles. The van der Waals surface area contributed by atoms with Gasteiger partial charge >= 0.3 is 0 Å². The topological polar surface area (TPSA) is 68.9 Å². The molecule has 104 valence electrons. The smallest absolute Gasteiger partial charge is 0.270 e. The molecule has 0 radical (unpaired) electrons. The molecule has 0 aliphatic carbocycles. The molecule has 0 aliphatic heterocycles. The summed E-state index contributed by atoms with van der Waals surface area (Å²) in [5.41, 5.74) is 6.76. The first-order valence-electron chi connectivity index (χ1n) is 6.13. The molecular formula is C15H10FN3OS. The average molecular weight is 299 g/mol. The largest absolute Gasteiger partial charge is 0.364 e. The van der Waals surface area contributed by atoms with Crippen LogP contribution in [0.1, 0.15) is 10.5 Å². The van der Waals surface area contributed by atoms with Crippen molar-refractivity contribution in [2.75, 3.05) is 0 Å². The highest BCUT2D eigenvalue weighted by molar-refractivity contribution is 7.99. The van der Waals surface area contributed by atoms with E-state index in [4.69, 9.17) is 5.73 Å². The van der Waals surface area contributed by atoms with Gasteiger partial charge in [-0.15, -0.1) is 0 Å². The lowest BCUT2D eigenvalue weighted by atomic mass is 10.3. The fourth-order valence-electron chi connectivity index (χ4n) is 1.83. The minimum absolute atomic E-state index is 0.114. The van der Waals surface area contributed by atoms with Crippen molar-refractivity contribution in [1.29, 1.82) is 0 Å². The third kappa shape index (κ3) is 2.85. The summed E-state index contributed by atoms with van der Waals surface area (Å²) >= 11 is 1.22. The molecule has 0 bridgehead atoms. The van der Waals surface area contributed by atoms with E-state index in [1.807, 2.05) is 18.2 Å². The molecule has 1 heterocycles. The maximum absolute atomic E-state index is 12.9. The van der Waals surface area contributed by atoms with Gasteiger partial charge in [0, 0.05) is 4.90 Å². The number of hydrogen-bond donors (Lipinski definition) is 1. The molecule has 0 spiro atoms. The zero-order valence-electron chi connectivity index (χ0n) is 10.8. The highest BCUT2D eigenvalue weighted by atomic mass is 32.2. The number of carbonyl (C=O) groups is 1. The summed E-state index contributed by atoms with van der Waals surface area (Å²) in [5.74, 6) is -0.961. The minimum atomic E-state index is -0.641. The van der Waals surface area contributed by atoms with Crippen LogP contribution in [0.15, 0.2) is 58.5 Å². The van der Waals surface area contributed by atoms with Crippen LogP contribution >= 0.6 is 11.8 Å². The van der Waals surface area contributed by atoms with E-state index in [9.17, 15) is 9.18 Å². The highest BCUT2D eigenvalue weighted by Gasteiger charge is 2.15. The number of hydrogen-bond acceptors (Lipinski definition) is 4. The van der Waals surface area contributed by atoms with Crippen molar-refractivity contribution < 1.29 is 9.18 Å². The van der Waals surface area contributed by atoms with Crippen LogP contribution in [0.5, 0.6) is 0 Å². The van der Waals surface area contributed by atoms with Gasteiger partial charge in [0.05, 0.1) is 11.0 Å². The fraction of sp³-hybridized carbons (Fsp3) is 0.